The Morgan fingerprint density at radius 1 is 1.04 bits per heavy atom. The van der Waals surface area contributed by atoms with Crippen LogP contribution in [0.1, 0.15) is 61.0 Å². The van der Waals surface area contributed by atoms with Crippen LogP contribution in [-0.4, -0.2) is 34.8 Å². The molecule has 0 saturated carbocycles. The van der Waals surface area contributed by atoms with E-state index in [1.807, 2.05) is 38.1 Å². The van der Waals surface area contributed by atoms with Gasteiger partial charge in [0.15, 0.2) is 0 Å². The van der Waals surface area contributed by atoms with E-state index in [0.29, 0.717) is 18.7 Å². The van der Waals surface area contributed by atoms with Gasteiger partial charge in [0, 0.05) is 30.5 Å². The van der Waals surface area contributed by atoms with Crippen molar-refractivity contribution in [3.8, 4) is 0 Å². The van der Waals surface area contributed by atoms with E-state index in [1.165, 1.54) is 11.8 Å². The summed E-state index contributed by atoms with van der Waals surface area (Å²) >= 11 is 0. The number of aromatic nitrogens is 1. The third-order valence-corrected chi connectivity index (χ3v) is 4.30. The largest absolute Gasteiger partial charge is 0.338 e. The van der Waals surface area contributed by atoms with Gasteiger partial charge in [-0.2, -0.15) is 0 Å². The molecule has 26 heavy (non-hydrogen) atoms. The summed E-state index contributed by atoms with van der Waals surface area (Å²) in [5.41, 5.74) is 2.68. The third-order valence-electron chi connectivity index (χ3n) is 4.30. The fraction of sp³-hybridized carbons (Fsp3) is 0.381. The quantitative estimate of drug-likeness (QED) is 0.880. The highest BCUT2D eigenvalue weighted by Gasteiger charge is 2.17. The summed E-state index contributed by atoms with van der Waals surface area (Å²) in [6.45, 7) is 11.5. The van der Waals surface area contributed by atoms with Gasteiger partial charge >= 0.3 is 0 Å². The van der Waals surface area contributed by atoms with E-state index in [1.54, 1.807) is 17.0 Å². The molecule has 1 aromatic heterocycles. The minimum atomic E-state index is -0.260. The number of nitrogens with zero attached hydrogens (tertiary/aromatic N) is 2. The van der Waals surface area contributed by atoms with Gasteiger partial charge in [0.05, 0.1) is 0 Å². The number of amides is 2. The van der Waals surface area contributed by atoms with Crippen LogP contribution in [0, 0.1) is 0 Å². The highest BCUT2D eigenvalue weighted by atomic mass is 16.2. The maximum atomic E-state index is 12.5. The average molecular weight is 353 g/mol. The molecular formula is C21H27N3O2. The summed E-state index contributed by atoms with van der Waals surface area (Å²) in [5, 5.41) is 2.87. The van der Waals surface area contributed by atoms with Crippen LogP contribution in [-0.2, 0) is 5.41 Å². The summed E-state index contributed by atoms with van der Waals surface area (Å²) in [7, 11) is 0. The van der Waals surface area contributed by atoms with Crippen molar-refractivity contribution in [3.63, 3.8) is 0 Å². The molecule has 0 atom stereocenters. The first kappa shape index (κ1) is 19.6. The van der Waals surface area contributed by atoms with E-state index in [4.69, 9.17) is 0 Å². The van der Waals surface area contributed by atoms with E-state index in [0.717, 1.165) is 5.69 Å². The lowest BCUT2D eigenvalue weighted by atomic mass is 9.87. The Morgan fingerprint density at radius 2 is 1.65 bits per heavy atom. The minimum Gasteiger partial charge on any atom is -0.338 e. The van der Waals surface area contributed by atoms with Crippen molar-refractivity contribution in [3.05, 3.63) is 59.4 Å². The number of nitrogens with one attached hydrogen (secondary N) is 1. The van der Waals surface area contributed by atoms with Crippen LogP contribution in [0.5, 0.6) is 0 Å². The maximum absolute atomic E-state index is 12.5. The molecule has 1 N–H and O–H groups in total. The van der Waals surface area contributed by atoms with Gasteiger partial charge in [0.1, 0.15) is 5.69 Å². The Bertz CT molecular complexity index is 773. The van der Waals surface area contributed by atoms with Gasteiger partial charge in [0.25, 0.3) is 11.8 Å². The van der Waals surface area contributed by atoms with E-state index in [-0.39, 0.29) is 22.9 Å². The molecule has 5 nitrogen and oxygen atoms in total. The van der Waals surface area contributed by atoms with Crippen molar-refractivity contribution in [1.82, 2.24) is 9.88 Å². The smallest absolute Gasteiger partial charge is 0.272 e. The molecule has 0 fully saturated rings. The highest BCUT2D eigenvalue weighted by Crippen LogP contribution is 2.23. The standard InChI is InChI=1S/C21H27N3O2/c1-6-24(7-2)20(26)18-14-15(12-13-22-18)19(25)23-17-10-8-16(9-11-17)21(3,4)5/h8-14H,6-7H2,1-5H3,(H,23,25). The molecule has 2 aromatic rings. The maximum Gasteiger partial charge on any atom is 0.272 e. The molecule has 0 aliphatic carbocycles. The number of hydrogen-bond donors (Lipinski definition) is 1. The topological polar surface area (TPSA) is 62.3 Å². The molecule has 0 bridgehead atoms. The van der Waals surface area contributed by atoms with Crippen molar-refractivity contribution >= 4 is 17.5 Å². The molecule has 138 valence electrons. The fourth-order valence-corrected chi connectivity index (χ4v) is 2.62. The second-order valence-corrected chi connectivity index (χ2v) is 7.19. The Labute approximate surface area is 155 Å². The van der Waals surface area contributed by atoms with Crippen LogP contribution in [0.15, 0.2) is 42.6 Å². The van der Waals surface area contributed by atoms with E-state index in [9.17, 15) is 9.59 Å². The van der Waals surface area contributed by atoms with Gasteiger partial charge in [-0.1, -0.05) is 32.9 Å². The van der Waals surface area contributed by atoms with Crippen LogP contribution < -0.4 is 5.32 Å². The van der Waals surface area contributed by atoms with E-state index in [2.05, 4.69) is 31.1 Å². The summed E-state index contributed by atoms with van der Waals surface area (Å²) in [6, 6.07) is 11.0. The lowest BCUT2D eigenvalue weighted by Crippen LogP contribution is -2.31. The lowest BCUT2D eigenvalue weighted by molar-refractivity contribution is 0.0767. The first-order chi connectivity index (χ1) is 12.3. The number of anilines is 1. The predicted octanol–water partition coefficient (Wildman–Crippen LogP) is 4.11. The molecule has 0 saturated heterocycles. The molecular weight excluding hydrogens is 326 g/mol. The highest BCUT2D eigenvalue weighted by molar-refractivity contribution is 6.05. The molecule has 0 aliphatic heterocycles. The van der Waals surface area contributed by atoms with Crippen LogP contribution in [0.2, 0.25) is 0 Å². The number of hydrogen-bond acceptors (Lipinski definition) is 3. The van der Waals surface area contributed by atoms with Crippen molar-refractivity contribution in [2.45, 2.75) is 40.0 Å². The minimum absolute atomic E-state index is 0.0628. The first-order valence-electron chi connectivity index (χ1n) is 8.93. The van der Waals surface area contributed by atoms with Crippen molar-refractivity contribution < 1.29 is 9.59 Å². The van der Waals surface area contributed by atoms with Gasteiger partial charge in [-0.05, 0) is 49.1 Å². The van der Waals surface area contributed by atoms with Crippen molar-refractivity contribution in [2.75, 3.05) is 18.4 Å². The molecule has 0 unspecified atom stereocenters. The van der Waals surface area contributed by atoms with Gasteiger partial charge < -0.3 is 10.2 Å². The van der Waals surface area contributed by atoms with Crippen LogP contribution in [0.25, 0.3) is 0 Å². The zero-order valence-electron chi connectivity index (χ0n) is 16.2. The van der Waals surface area contributed by atoms with Crippen molar-refractivity contribution in [2.24, 2.45) is 0 Å². The summed E-state index contributed by atoms with van der Waals surface area (Å²) < 4.78 is 0. The van der Waals surface area contributed by atoms with Gasteiger partial charge in [-0.3, -0.25) is 14.6 Å². The second kappa shape index (κ2) is 8.13. The molecule has 2 rings (SSSR count). The Balaban J connectivity index is 2.15. The molecule has 0 spiro atoms. The number of carbonyl (C=O) groups is 2. The number of pyridine rings is 1. The molecule has 2 amide bonds. The molecule has 5 heteroatoms. The molecule has 0 radical (unpaired) electrons. The monoisotopic (exact) mass is 353 g/mol. The zero-order valence-corrected chi connectivity index (χ0v) is 16.2. The average Bonchev–Trinajstić information content (AvgIpc) is 2.62. The molecule has 0 aliphatic rings. The number of benzene rings is 1. The third kappa shape index (κ3) is 4.69. The first-order valence-corrected chi connectivity index (χ1v) is 8.93. The zero-order chi connectivity index (χ0) is 19.3. The number of rotatable bonds is 5. The van der Waals surface area contributed by atoms with Crippen LogP contribution in [0.4, 0.5) is 5.69 Å². The van der Waals surface area contributed by atoms with E-state index < -0.39 is 0 Å². The Morgan fingerprint density at radius 3 is 2.19 bits per heavy atom. The summed E-state index contributed by atoms with van der Waals surface area (Å²) in [5.74, 6) is -0.427. The number of carbonyl (C=O) groups excluding carboxylic acids is 2. The summed E-state index contributed by atoms with van der Waals surface area (Å²) in [6.07, 6.45) is 1.49. The lowest BCUT2D eigenvalue weighted by Gasteiger charge is -2.19. The van der Waals surface area contributed by atoms with Gasteiger partial charge in [-0.25, -0.2) is 0 Å². The second-order valence-electron chi connectivity index (χ2n) is 7.19. The van der Waals surface area contributed by atoms with Crippen LogP contribution in [0.3, 0.4) is 0 Å². The van der Waals surface area contributed by atoms with Gasteiger partial charge in [0.2, 0.25) is 0 Å². The van der Waals surface area contributed by atoms with Crippen LogP contribution >= 0.6 is 0 Å². The predicted molar refractivity (Wildman–Crippen MR) is 105 cm³/mol. The Kier molecular flexibility index (Phi) is 6.14. The molecule has 1 aromatic carbocycles. The molecule has 1 heterocycles. The normalized spacial score (nSPS) is 11.1. The fourth-order valence-electron chi connectivity index (χ4n) is 2.62. The van der Waals surface area contributed by atoms with Crippen molar-refractivity contribution in [1.29, 1.82) is 0 Å². The Hall–Kier alpha value is -2.69. The SMILES string of the molecule is CCN(CC)C(=O)c1cc(C(=O)Nc2ccc(C(C)(C)C)cc2)ccn1. The summed E-state index contributed by atoms with van der Waals surface area (Å²) in [4.78, 5) is 30.7. The van der Waals surface area contributed by atoms with Gasteiger partial charge in [-0.15, -0.1) is 0 Å². The van der Waals surface area contributed by atoms with E-state index >= 15 is 0 Å².